The molecule has 0 radical (unpaired) electrons. The molecule has 0 heterocycles. The summed E-state index contributed by atoms with van der Waals surface area (Å²) in [5.41, 5.74) is 0. The maximum atomic E-state index is 3.51. The van der Waals surface area contributed by atoms with Crippen LogP contribution in [-0.2, 0) is 0 Å². The van der Waals surface area contributed by atoms with Crippen LogP contribution in [0.1, 0.15) is 65.2 Å². The van der Waals surface area contributed by atoms with Crippen molar-refractivity contribution in [3.63, 3.8) is 0 Å². The SMILES string of the molecule is CCCCCCNCCCNCCCCC. The number of unbranched alkanes of at least 4 members (excludes halogenated alkanes) is 5. The van der Waals surface area contributed by atoms with E-state index in [-0.39, 0.29) is 0 Å². The number of nitrogens with one attached hydrogen (secondary N) is 2. The normalized spacial score (nSPS) is 10.9. The lowest BCUT2D eigenvalue weighted by Crippen LogP contribution is -2.23. The Bertz CT molecular complexity index is 101. The van der Waals surface area contributed by atoms with Gasteiger partial charge in [-0.25, -0.2) is 0 Å². The monoisotopic (exact) mass is 228 g/mol. The Balaban J connectivity index is 2.83. The van der Waals surface area contributed by atoms with Gasteiger partial charge in [-0.1, -0.05) is 46.0 Å². The van der Waals surface area contributed by atoms with E-state index >= 15 is 0 Å². The Morgan fingerprint density at radius 1 is 0.500 bits per heavy atom. The molecule has 98 valence electrons. The molecule has 2 N–H and O–H groups in total. The summed E-state index contributed by atoms with van der Waals surface area (Å²) in [7, 11) is 0. The van der Waals surface area contributed by atoms with Crippen molar-refractivity contribution < 1.29 is 0 Å². The minimum Gasteiger partial charge on any atom is -0.317 e. The number of rotatable bonds is 13. The van der Waals surface area contributed by atoms with Crippen molar-refractivity contribution in [3.8, 4) is 0 Å². The van der Waals surface area contributed by atoms with Crippen LogP contribution in [0.4, 0.5) is 0 Å². The maximum absolute atomic E-state index is 3.51. The highest BCUT2D eigenvalue weighted by atomic mass is 14.9. The average molecular weight is 228 g/mol. The van der Waals surface area contributed by atoms with Gasteiger partial charge in [-0.3, -0.25) is 0 Å². The molecule has 0 bridgehead atoms. The van der Waals surface area contributed by atoms with E-state index in [0.29, 0.717) is 0 Å². The van der Waals surface area contributed by atoms with Crippen LogP contribution in [0.5, 0.6) is 0 Å². The smallest absolute Gasteiger partial charge is 0.00368 e. The van der Waals surface area contributed by atoms with E-state index < -0.39 is 0 Å². The van der Waals surface area contributed by atoms with Crippen LogP contribution in [0.15, 0.2) is 0 Å². The van der Waals surface area contributed by atoms with Crippen LogP contribution in [0, 0.1) is 0 Å². The van der Waals surface area contributed by atoms with E-state index in [9.17, 15) is 0 Å². The zero-order valence-electron chi connectivity index (χ0n) is 11.5. The van der Waals surface area contributed by atoms with Crippen molar-refractivity contribution in [1.29, 1.82) is 0 Å². The molecule has 0 saturated carbocycles. The molecule has 0 spiro atoms. The van der Waals surface area contributed by atoms with Crippen molar-refractivity contribution in [2.75, 3.05) is 26.2 Å². The van der Waals surface area contributed by atoms with E-state index in [0.717, 1.165) is 0 Å². The molecule has 0 rings (SSSR count). The fourth-order valence-electron chi connectivity index (χ4n) is 1.77. The third-order valence-electron chi connectivity index (χ3n) is 2.87. The molecular weight excluding hydrogens is 196 g/mol. The summed E-state index contributed by atoms with van der Waals surface area (Å²) in [4.78, 5) is 0. The second-order valence-electron chi connectivity index (χ2n) is 4.62. The molecule has 0 aliphatic rings. The molecule has 0 saturated heterocycles. The number of hydrogen-bond donors (Lipinski definition) is 2. The third kappa shape index (κ3) is 13.9. The highest BCUT2D eigenvalue weighted by Gasteiger charge is 1.90. The van der Waals surface area contributed by atoms with Crippen LogP contribution >= 0.6 is 0 Å². The van der Waals surface area contributed by atoms with E-state index in [2.05, 4.69) is 24.5 Å². The Hall–Kier alpha value is -0.0800. The molecule has 2 nitrogen and oxygen atoms in total. The van der Waals surface area contributed by atoms with Gasteiger partial charge in [0.2, 0.25) is 0 Å². The summed E-state index contributed by atoms with van der Waals surface area (Å²) in [6, 6.07) is 0. The van der Waals surface area contributed by atoms with Gasteiger partial charge < -0.3 is 10.6 Å². The summed E-state index contributed by atoms with van der Waals surface area (Å²) in [5.74, 6) is 0. The van der Waals surface area contributed by atoms with Gasteiger partial charge >= 0.3 is 0 Å². The Kier molecular flexibility index (Phi) is 14.8. The van der Waals surface area contributed by atoms with Crippen LogP contribution in [0.2, 0.25) is 0 Å². The second-order valence-corrected chi connectivity index (χ2v) is 4.62. The fourth-order valence-corrected chi connectivity index (χ4v) is 1.77. The summed E-state index contributed by atoms with van der Waals surface area (Å²) < 4.78 is 0. The molecular formula is C14H32N2. The van der Waals surface area contributed by atoms with Gasteiger partial charge in [-0.05, 0) is 45.4 Å². The third-order valence-corrected chi connectivity index (χ3v) is 2.87. The first-order chi connectivity index (χ1) is 7.91. The standard InChI is InChI=1S/C14H32N2/c1-3-5-7-9-12-16-14-10-13-15-11-8-6-4-2/h15-16H,3-14H2,1-2H3. The lowest BCUT2D eigenvalue weighted by atomic mass is 10.2. The fraction of sp³-hybridized carbons (Fsp3) is 1.00. The Morgan fingerprint density at radius 3 is 1.50 bits per heavy atom. The lowest BCUT2D eigenvalue weighted by Gasteiger charge is -2.06. The Morgan fingerprint density at radius 2 is 0.938 bits per heavy atom. The van der Waals surface area contributed by atoms with Crippen molar-refractivity contribution in [3.05, 3.63) is 0 Å². The predicted octanol–water partition coefficient (Wildman–Crippen LogP) is 3.33. The molecule has 0 unspecified atom stereocenters. The molecule has 0 aromatic rings. The van der Waals surface area contributed by atoms with Crippen molar-refractivity contribution >= 4 is 0 Å². The lowest BCUT2D eigenvalue weighted by molar-refractivity contribution is 0.554. The zero-order chi connectivity index (χ0) is 11.9. The summed E-state index contributed by atoms with van der Waals surface area (Å²) in [6.45, 7) is 9.26. The second kappa shape index (κ2) is 14.9. The molecule has 0 amide bonds. The largest absolute Gasteiger partial charge is 0.317 e. The van der Waals surface area contributed by atoms with E-state index in [4.69, 9.17) is 0 Å². The van der Waals surface area contributed by atoms with Gasteiger partial charge in [0.1, 0.15) is 0 Å². The maximum Gasteiger partial charge on any atom is -0.00368 e. The van der Waals surface area contributed by atoms with Crippen LogP contribution in [0.3, 0.4) is 0 Å². The van der Waals surface area contributed by atoms with Gasteiger partial charge in [0.15, 0.2) is 0 Å². The van der Waals surface area contributed by atoms with Gasteiger partial charge in [-0.15, -0.1) is 0 Å². The topological polar surface area (TPSA) is 24.1 Å². The minimum absolute atomic E-state index is 1.17. The van der Waals surface area contributed by atoms with Gasteiger partial charge in [-0.2, -0.15) is 0 Å². The minimum atomic E-state index is 1.17. The van der Waals surface area contributed by atoms with Gasteiger partial charge in [0.25, 0.3) is 0 Å². The van der Waals surface area contributed by atoms with Crippen molar-refractivity contribution in [2.45, 2.75) is 65.2 Å². The highest BCUT2D eigenvalue weighted by molar-refractivity contribution is 4.53. The van der Waals surface area contributed by atoms with Crippen LogP contribution < -0.4 is 10.6 Å². The van der Waals surface area contributed by atoms with Crippen LogP contribution in [-0.4, -0.2) is 26.2 Å². The van der Waals surface area contributed by atoms with Gasteiger partial charge in [0, 0.05) is 0 Å². The highest BCUT2D eigenvalue weighted by Crippen LogP contribution is 1.96. The molecule has 16 heavy (non-hydrogen) atoms. The van der Waals surface area contributed by atoms with E-state index in [1.807, 2.05) is 0 Å². The Labute approximate surface area is 103 Å². The molecule has 0 fully saturated rings. The zero-order valence-corrected chi connectivity index (χ0v) is 11.5. The van der Waals surface area contributed by atoms with Crippen molar-refractivity contribution in [2.24, 2.45) is 0 Å². The van der Waals surface area contributed by atoms with Crippen LogP contribution in [0.25, 0.3) is 0 Å². The molecule has 0 aliphatic heterocycles. The first-order valence-corrected chi connectivity index (χ1v) is 7.33. The van der Waals surface area contributed by atoms with E-state index in [1.54, 1.807) is 0 Å². The molecule has 0 aromatic heterocycles. The summed E-state index contributed by atoms with van der Waals surface area (Å²) >= 11 is 0. The quantitative estimate of drug-likeness (QED) is 0.473. The summed E-state index contributed by atoms with van der Waals surface area (Å²) in [5, 5.41) is 7.00. The predicted molar refractivity (Wildman–Crippen MR) is 74.0 cm³/mol. The number of hydrogen-bond acceptors (Lipinski definition) is 2. The van der Waals surface area contributed by atoms with Gasteiger partial charge in [0.05, 0.1) is 0 Å². The molecule has 2 heteroatoms. The van der Waals surface area contributed by atoms with Crippen molar-refractivity contribution in [1.82, 2.24) is 10.6 Å². The van der Waals surface area contributed by atoms with E-state index in [1.165, 1.54) is 77.5 Å². The first-order valence-electron chi connectivity index (χ1n) is 7.33. The summed E-state index contributed by atoms with van der Waals surface area (Å²) in [6.07, 6.45) is 10.7. The molecule has 0 aromatic carbocycles. The average Bonchev–Trinajstić information content (AvgIpc) is 2.31. The molecule has 0 atom stereocenters. The molecule has 0 aliphatic carbocycles. The first kappa shape index (κ1) is 15.9.